The number of halogens is 1. The molecule has 9 nitrogen and oxygen atoms in total. The third kappa shape index (κ3) is 10.6. The number of hydrogen-bond acceptors (Lipinski definition) is 9. The van der Waals surface area contributed by atoms with Gasteiger partial charge in [-0.1, -0.05) is 38.2 Å². The highest BCUT2D eigenvalue weighted by atomic mass is 35.5. The van der Waals surface area contributed by atoms with Crippen LogP contribution in [0, 0.1) is 11.8 Å². The second kappa shape index (κ2) is 15.9. The van der Waals surface area contributed by atoms with Crippen LogP contribution in [0.2, 0.25) is 0 Å². The summed E-state index contributed by atoms with van der Waals surface area (Å²) in [4.78, 5) is 23.0. The molecule has 0 radical (unpaired) electrons. The Kier molecular flexibility index (Phi) is 13.7. The van der Waals surface area contributed by atoms with E-state index in [0.717, 1.165) is 38.5 Å². The van der Waals surface area contributed by atoms with Crippen molar-refractivity contribution in [2.24, 2.45) is 11.8 Å². The number of rotatable bonds is 16. The van der Waals surface area contributed by atoms with E-state index in [1.807, 2.05) is 6.92 Å². The number of epoxide rings is 1. The molecule has 208 valence electrons. The Hall–Kier alpha value is -1.23. The lowest BCUT2D eigenvalue weighted by Gasteiger charge is -2.38. The van der Waals surface area contributed by atoms with Crippen molar-refractivity contribution in [2.75, 3.05) is 13.2 Å². The van der Waals surface area contributed by atoms with Gasteiger partial charge < -0.3 is 33.8 Å². The zero-order valence-electron chi connectivity index (χ0n) is 21.6. The molecule has 2 fully saturated rings. The lowest BCUT2D eigenvalue weighted by Crippen LogP contribution is -2.50. The van der Waals surface area contributed by atoms with E-state index in [4.69, 9.17) is 26.1 Å². The highest BCUT2D eigenvalue weighted by molar-refractivity contribution is 6.13. The Balaban J connectivity index is 1.60. The van der Waals surface area contributed by atoms with Crippen LogP contribution in [-0.2, 0) is 28.1 Å². The normalized spacial score (nSPS) is 29.9. The molecule has 0 aromatic rings. The molecule has 0 saturated carbocycles. The Morgan fingerprint density at radius 3 is 2.39 bits per heavy atom. The third-order valence-electron chi connectivity index (χ3n) is 7.17. The van der Waals surface area contributed by atoms with Gasteiger partial charge in [-0.25, -0.2) is 4.79 Å². The molecule has 10 heteroatoms. The van der Waals surface area contributed by atoms with Crippen molar-refractivity contribution in [3.63, 3.8) is 0 Å². The zero-order valence-corrected chi connectivity index (χ0v) is 22.4. The first-order valence-corrected chi connectivity index (χ1v) is 13.4. The summed E-state index contributed by atoms with van der Waals surface area (Å²) in [6.45, 7) is 6.08. The maximum atomic E-state index is 12.1. The van der Waals surface area contributed by atoms with Crippen molar-refractivity contribution in [2.45, 2.75) is 115 Å². The van der Waals surface area contributed by atoms with Crippen LogP contribution >= 0.6 is 11.9 Å². The molecule has 0 aromatic carbocycles. The number of esters is 1. The smallest absolute Gasteiger partial charge is 0.330 e. The molecule has 0 unspecified atom stereocenters. The molecule has 0 spiro atoms. The topological polar surface area (TPSA) is 135 Å². The lowest BCUT2D eigenvalue weighted by atomic mass is 9.85. The summed E-state index contributed by atoms with van der Waals surface area (Å²) >= 11 is 4.98. The van der Waals surface area contributed by atoms with Crippen molar-refractivity contribution in [3.8, 4) is 0 Å². The van der Waals surface area contributed by atoms with Crippen molar-refractivity contribution in [1.82, 2.24) is 0 Å². The molecule has 36 heavy (non-hydrogen) atoms. The zero-order chi connectivity index (χ0) is 26.7. The summed E-state index contributed by atoms with van der Waals surface area (Å²) in [5, 5.41) is 30.9. The van der Waals surface area contributed by atoms with Gasteiger partial charge in [0.05, 0.1) is 43.7 Å². The summed E-state index contributed by atoms with van der Waals surface area (Å²) < 4.78 is 20.8. The molecule has 0 amide bonds. The van der Waals surface area contributed by atoms with Gasteiger partial charge in [-0.3, -0.25) is 4.79 Å². The van der Waals surface area contributed by atoms with Gasteiger partial charge in [0.1, 0.15) is 18.0 Å². The molecular weight excluding hydrogens is 492 g/mol. The van der Waals surface area contributed by atoms with Gasteiger partial charge in [0, 0.05) is 24.3 Å². The Labute approximate surface area is 219 Å². The fourth-order valence-electron chi connectivity index (χ4n) is 4.62. The first-order valence-electron chi connectivity index (χ1n) is 13.1. The summed E-state index contributed by atoms with van der Waals surface area (Å²) in [7, 11) is 0. The molecule has 8 atom stereocenters. The number of carbonyl (C=O) groups excluding carboxylic acids is 2. The van der Waals surface area contributed by atoms with E-state index in [1.165, 1.54) is 6.08 Å². The molecule has 2 heterocycles. The first-order chi connectivity index (χ1) is 17.1. The summed E-state index contributed by atoms with van der Waals surface area (Å²) in [5.41, 5.74) is 0.710. The number of unbranched alkanes of at least 4 members (excludes halogenated alkanes) is 5. The minimum Gasteiger partial charge on any atom is -0.463 e. The summed E-state index contributed by atoms with van der Waals surface area (Å²) in [5.74, 6) is -1.07. The fourth-order valence-corrected chi connectivity index (χ4v) is 4.70. The van der Waals surface area contributed by atoms with Gasteiger partial charge in [0.15, 0.2) is 0 Å². The second-order valence-electron chi connectivity index (χ2n) is 10.3. The van der Waals surface area contributed by atoms with E-state index in [9.17, 15) is 24.9 Å². The molecule has 2 saturated heterocycles. The van der Waals surface area contributed by atoms with Gasteiger partial charge >= 0.3 is 11.9 Å². The van der Waals surface area contributed by atoms with Crippen LogP contribution in [-0.4, -0.2) is 77.1 Å². The predicted molar refractivity (Wildman–Crippen MR) is 133 cm³/mol. The maximum Gasteiger partial charge on any atom is 0.330 e. The Morgan fingerprint density at radius 1 is 1.06 bits per heavy atom. The largest absolute Gasteiger partial charge is 0.463 e. The van der Waals surface area contributed by atoms with E-state index < -0.39 is 36.4 Å². The fraction of sp³-hybridized carbons (Fsp3) is 0.846. The quantitative estimate of drug-likeness (QED) is 0.118. The van der Waals surface area contributed by atoms with Gasteiger partial charge in [0.25, 0.3) is 0 Å². The minimum absolute atomic E-state index is 0.0159. The molecule has 3 N–H and O–H groups in total. The molecule has 0 bridgehead atoms. The average molecular weight is 535 g/mol. The summed E-state index contributed by atoms with van der Waals surface area (Å²) in [6.07, 6.45) is 4.85. The van der Waals surface area contributed by atoms with Gasteiger partial charge in [-0.15, -0.1) is 0 Å². The van der Waals surface area contributed by atoms with E-state index in [1.54, 1.807) is 13.8 Å². The van der Waals surface area contributed by atoms with E-state index in [-0.39, 0.29) is 24.0 Å². The van der Waals surface area contributed by atoms with Crippen LogP contribution in [0.4, 0.5) is 0 Å². The number of ether oxygens (including phenoxy) is 3. The monoisotopic (exact) mass is 534 g/mol. The number of hydrogen-bond donors (Lipinski definition) is 3. The predicted octanol–water partition coefficient (Wildman–Crippen LogP) is 3.20. The Bertz CT molecular complexity index is 714. The van der Waals surface area contributed by atoms with Crippen molar-refractivity contribution in [1.29, 1.82) is 0 Å². The van der Waals surface area contributed by atoms with Crippen LogP contribution in [0.25, 0.3) is 0 Å². The van der Waals surface area contributed by atoms with Crippen LogP contribution in [0.1, 0.15) is 78.6 Å². The Morgan fingerprint density at radius 2 is 1.72 bits per heavy atom. The van der Waals surface area contributed by atoms with E-state index in [2.05, 4.69) is 4.29 Å². The number of aliphatic hydroxyl groups excluding tert-OH is 3. The SMILES string of the molecule is C/C(=C\C(=O)OCCCCCCCCC(=O)OCl)C[C@@H]1OC[C@H](C[C@@H]2O[C@H]2[C@@H](C)[C@H](C)O)[C@@H](O)[C@H]1O. The first kappa shape index (κ1) is 31.0. The minimum atomic E-state index is -1.06. The molecule has 2 rings (SSSR count). The van der Waals surface area contributed by atoms with Crippen molar-refractivity contribution < 1.29 is 43.4 Å². The summed E-state index contributed by atoms with van der Waals surface area (Å²) in [6, 6.07) is 0. The van der Waals surface area contributed by atoms with Crippen molar-refractivity contribution >= 4 is 23.8 Å². The molecule has 2 aliphatic rings. The van der Waals surface area contributed by atoms with Gasteiger partial charge in [0.2, 0.25) is 0 Å². The molecule has 2 aliphatic heterocycles. The van der Waals surface area contributed by atoms with E-state index in [0.29, 0.717) is 38.0 Å². The van der Waals surface area contributed by atoms with Crippen molar-refractivity contribution in [3.05, 3.63) is 11.6 Å². The van der Waals surface area contributed by atoms with Crippen LogP contribution in [0.15, 0.2) is 11.6 Å². The van der Waals surface area contributed by atoms with Crippen LogP contribution < -0.4 is 0 Å². The lowest BCUT2D eigenvalue weighted by molar-refractivity contribution is -0.165. The van der Waals surface area contributed by atoms with Crippen LogP contribution in [0.5, 0.6) is 0 Å². The average Bonchev–Trinajstić information content (AvgIpc) is 3.60. The standard InChI is InChI=1S/C26H43ClO9/c1-16(13-23(30)33-11-9-7-5-4-6-8-10-22(29)36-27)12-20-25(32)24(31)19(15-34-20)14-21-26(35-21)17(2)18(3)28/h13,17-21,24-26,28,31-32H,4-12,14-15H2,1-3H3/b16-13+/t17-,18-,19-,20-,21-,24+,25-,26-/m0/s1. The number of carbonyl (C=O) groups is 2. The molecular formula is C26H43ClO9. The van der Waals surface area contributed by atoms with Gasteiger partial charge in [-0.05, 0) is 39.5 Å². The number of aliphatic hydroxyl groups is 3. The third-order valence-corrected chi connectivity index (χ3v) is 7.34. The highest BCUT2D eigenvalue weighted by Crippen LogP contribution is 2.38. The van der Waals surface area contributed by atoms with Gasteiger partial charge in [-0.2, -0.15) is 0 Å². The van der Waals surface area contributed by atoms with E-state index >= 15 is 0 Å². The molecule has 0 aromatic heterocycles. The second-order valence-corrected chi connectivity index (χ2v) is 10.4. The van der Waals surface area contributed by atoms with Crippen LogP contribution in [0.3, 0.4) is 0 Å². The molecule has 0 aliphatic carbocycles. The maximum absolute atomic E-state index is 12.1. The highest BCUT2D eigenvalue weighted by Gasteiger charge is 2.48.